The number of fused-ring (bicyclic) bond motifs is 16. The van der Waals surface area contributed by atoms with Crippen molar-refractivity contribution in [3.05, 3.63) is 142 Å². The third-order valence-electron chi connectivity index (χ3n) is 8.54. The van der Waals surface area contributed by atoms with Gasteiger partial charge in [0.25, 0.3) is 0 Å². The number of halogens is 1. The number of hydrogen-bond acceptors (Lipinski definition) is 1. The third-order valence-corrected chi connectivity index (χ3v) is 9.17. The maximum absolute atomic E-state index is 6.73. The van der Waals surface area contributed by atoms with E-state index in [0.717, 1.165) is 26.4 Å². The van der Waals surface area contributed by atoms with E-state index in [1.54, 1.807) is 0 Å². The van der Waals surface area contributed by atoms with Crippen molar-refractivity contribution in [2.45, 2.75) is 5.41 Å². The largest absolute Gasteiger partial charge is 0.455 e. The van der Waals surface area contributed by atoms with E-state index in [1.807, 2.05) is 6.07 Å². The Kier molecular flexibility index (Phi) is 3.66. The van der Waals surface area contributed by atoms with Gasteiger partial charge in [-0.1, -0.05) is 119 Å². The quantitative estimate of drug-likeness (QED) is 0.188. The molecule has 0 amide bonds. The van der Waals surface area contributed by atoms with E-state index in [1.165, 1.54) is 55.3 Å². The summed E-state index contributed by atoms with van der Waals surface area (Å²) < 4.78 is 7.80. The van der Waals surface area contributed by atoms with Crippen LogP contribution in [0.3, 0.4) is 0 Å². The summed E-state index contributed by atoms with van der Waals surface area (Å²) >= 11 is 4.00. The van der Waals surface area contributed by atoms with Gasteiger partial charge >= 0.3 is 0 Å². The molecule has 0 atom stereocenters. The van der Waals surface area contributed by atoms with Crippen molar-refractivity contribution in [2.24, 2.45) is 0 Å². The molecular weight excluding hydrogens is 516 g/mol. The molecule has 1 heterocycles. The number of para-hydroxylation sites is 1. The maximum atomic E-state index is 6.73. The summed E-state index contributed by atoms with van der Waals surface area (Å²) in [4.78, 5) is 0. The molecule has 2 aliphatic carbocycles. The summed E-state index contributed by atoms with van der Waals surface area (Å²) in [5.41, 5.74) is 11.9. The molecule has 0 unspecified atom stereocenters. The van der Waals surface area contributed by atoms with Crippen LogP contribution < -0.4 is 0 Å². The molecule has 0 aliphatic heterocycles. The smallest absolute Gasteiger partial charge is 0.144 e. The maximum Gasteiger partial charge on any atom is 0.144 e. The summed E-state index contributed by atoms with van der Waals surface area (Å²) in [6.45, 7) is 0. The molecule has 0 saturated heterocycles. The van der Waals surface area contributed by atoms with Gasteiger partial charge in [0.1, 0.15) is 11.2 Å². The fourth-order valence-electron chi connectivity index (χ4n) is 7.21. The molecule has 1 nitrogen and oxygen atoms in total. The highest BCUT2D eigenvalue weighted by atomic mass is 79.9. The molecule has 0 N–H and O–H groups in total. The van der Waals surface area contributed by atoms with Crippen molar-refractivity contribution < 1.29 is 4.42 Å². The molecule has 172 valence electrons. The van der Waals surface area contributed by atoms with E-state index in [0.29, 0.717) is 0 Å². The van der Waals surface area contributed by atoms with E-state index in [4.69, 9.17) is 4.42 Å². The van der Waals surface area contributed by atoms with Crippen LogP contribution in [0.4, 0.5) is 0 Å². The molecule has 0 saturated carbocycles. The molecule has 0 bridgehead atoms. The lowest BCUT2D eigenvalue weighted by Crippen LogP contribution is -2.25. The first-order valence-electron chi connectivity index (χ1n) is 12.6. The fraction of sp³-hybridized carbons (Fsp3) is 0.0286. The Bertz CT molecular complexity index is 2070. The van der Waals surface area contributed by atoms with Crippen molar-refractivity contribution in [1.29, 1.82) is 0 Å². The molecule has 37 heavy (non-hydrogen) atoms. The van der Waals surface area contributed by atoms with Crippen LogP contribution in [0.5, 0.6) is 0 Å². The zero-order valence-corrected chi connectivity index (χ0v) is 21.3. The van der Waals surface area contributed by atoms with E-state index >= 15 is 0 Å². The molecule has 9 rings (SSSR count). The van der Waals surface area contributed by atoms with Crippen LogP contribution in [0.2, 0.25) is 0 Å². The molecule has 2 heteroatoms. The van der Waals surface area contributed by atoms with Crippen molar-refractivity contribution in [2.75, 3.05) is 0 Å². The first-order valence-corrected chi connectivity index (χ1v) is 13.4. The minimum atomic E-state index is -0.405. The summed E-state index contributed by atoms with van der Waals surface area (Å²) in [5, 5.41) is 4.80. The molecule has 0 fully saturated rings. The number of rotatable bonds is 0. The topological polar surface area (TPSA) is 13.1 Å². The second-order valence-electron chi connectivity index (χ2n) is 10.1. The van der Waals surface area contributed by atoms with Crippen LogP contribution in [0.25, 0.3) is 55.0 Å². The van der Waals surface area contributed by atoms with Gasteiger partial charge in [0, 0.05) is 20.8 Å². The minimum absolute atomic E-state index is 0.405. The summed E-state index contributed by atoms with van der Waals surface area (Å²) in [6.07, 6.45) is 0. The van der Waals surface area contributed by atoms with Crippen LogP contribution in [-0.4, -0.2) is 0 Å². The Morgan fingerprint density at radius 3 is 1.97 bits per heavy atom. The molecule has 2 aliphatic rings. The van der Waals surface area contributed by atoms with E-state index in [2.05, 4.69) is 125 Å². The third kappa shape index (κ3) is 2.23. The monoisotopic (exact) mass is 534 g/mol. The molecule has 0 radical (unpaired) electrons. The van der Waals surface area contributed by atoms with Crippen LogP contribution in [0.1, 0.15) is 22.3 Å². The second kappa shape index (κ2) is 6.79. The Morgan fingerprint density at radius 1 is 0.541 bits per heavy atom. The van der Waals surface area contributed by atoms with Crippen LogP contribution in [-0.2, 0) is 5.41 Å². The average Bonchev–Trinajstić information content (AvgIpc) is 3.57. The van der Waals surface area contributed by atoms with Crippen LogP contribution >= 0.6 is 15.9 Å². The second-order valence-corrected chi connectivity index (χ2v) is 11.0. The lowest BCUT2D eigenvalue weighted by atomic mass is 9.70. The van der Waals surface area contributed by atoms with Gasteiger partial charge in [-0.2, -0.15) is 0 Å². The van der Waals surface area contributed by atoms with E-state index in [9.17, 15) is 0 Å². The number of benzene rings is 6. The molecule has 1 spiro atoms. The molecule has 1 aromatic heterocycles. The van der Waals surface area contributed by atoms with Crippen molar-refractivity contribution >= 4 is 48.6 Å². The summed E-state index contributed by atoms with van der Waals surface area (Å²) in [5.74, 6) is 0. The number of hydrogen-bond donors (Lipinski definition) is 0. The zero-order valence-electron chi connectivity index (χ0n) is 19.8. The predicted molar refractivity (Wildman–Crippen MR) is 155 cm³/mol. The summed E-state index contributed by atoms with van der Waals surface area (Å²) in [7, 11) is 0. The molecule has 7 aromatic rings. The van der Waals surface area contributed by atoms with Gasteiger partial charge in [0.05, 0.1) is 5.41 Å². The van der Waals surface area contributed by atoms with Crippen LogP contribution in [0, 0.1) is 0 Å². The highest BCUT2D eigenvalue weighted by molar-refractivity contribution is 9.10. The van der Waals surface area contributed by atoms with Crippen molar-refractivity contribution in [3.8, 4) is 22.3 Å². The van der Waals surface area contributed by atoms with Gasteiger partial charge in [-0.25, -0.2) is 0 Å². The highest BCUT2D eigenvalue weighted by Crippen LogP contribution is 2.65. The normalized spacial score (nSPS) is 14.3. The minimum Gasteiger partial charge on any atom is -0.455 e. The predicted octanol–water partition coefficient (Wildman–Crippen LogP) is 9.85. The number of furan rings is 1. The van der Waals surface area contributed by atoms with Gasteiger partial charge in [-0.05, 0) is 61.8 Å². The average molecular weight is 535 g/mol. The van der Waals surface area contributed by atoms with Crippen molar-refractivity contribution in [1.82, 2.24) is 0 Å². The summed E-state index contributed by atoms with van der Waals surface area (Å²) in [6, 6.07) is 42.0. The van der Waals surface area contributed by atoms with E-state index < -0.39 is 5.41 Å². The Morgan fingerprint density at radius 2 is 1.19 bits per heavy atom. The lowest BCUT2D eigenvalue weighted by Gasteiger charge is -2.30. The highest BCUT2D eigenvalue weighted by Gasteiger charge is 2.53. The van der Waals surface area contributed by atoms with Crippen molar-refractivity contribution in [3.63, 3.8) is 0 Å². The van der Waals surface area contributed by atoms with Crippen LogP contribution in [0.15, 0.2) is 124 Å². The molecular formula is C35H19BrO. The first kappa shape index (κ1) is 20.0. The standard InChI is InChI=1S/C35H19BrO/c36-29-19-28-33(34-32(29)24-13-5-8-16-30(24)37-34)31-21-10-2-1-9-20(21)17-18-27(31)35(28)25-14-6-3-11-22(25)23-12-4-7-15-26(23)35/h1-19H. The first-order chi connectivity index (χ1) is 18.3. The molecule has 6 aromatic carbocycles. The Balaban J connectivity index is 1.59. The van der Waals surface area contributed by atoms with Gasteiger partial charge in [0.2, 0.25) is 0 Å². The Hall–Kier alpha value is -4.14. The van der Waals surface area contributed by atoms with Gasteiger partial charge in [-0.3, -0.25) is 0 Å². The van der Waals surface area contributed by atoms with Gasteiger partial charge in [0.15, 0.2) is 0 Å². The van der Waals surface area contributed by atoms with Gasteiger partial charge in [-0.15, -0.1) is 0 Å². The van der Waals surface area contributed by atoms with Gasteiger partial charge < -0.3 is 4.42 Å². The fourth-order valence-corrected chi connectivity index (χ4v) is 7.83. The zero-order chi connectivity index (χ0) is 24.3. The van der Waals surface area contributed by atoms with E-state index in [-0.39, 0.29) is 0 Å². The Labute approximate surface area is 222 Å². The lowest BCUT2D eigenvalue weighted by molar-refractivity contribution is 0.669. The SMILES string of the molecule is Brc1cc2c(c3oc4ccccc4c13)-c1c(ccc3ccccc13)C21c2ccccc2-c2ccccc21.